The molecule has 18 heavy (non-hydrogen) atoms. The van der Waals surface area contributed by atoms with Gasteiger partial charge in [-0.05, 0) is 12.0 Å². The molecule has 0 fully saturated rings. The largest absolute Gasteiger partial charge is 0.481 e. The van der Waals surface area contributed by atoms with E-state index >= 15 is 0 Å². The first kappa shape index (κ1) is 14.9. The highest BCUT2D eigenvalue weighted by atomic mass is 16.7. The van der Waals surface area contributed by atoms with Gasteiger partial charge in [-0.15, -0.1) is 0 Å². The molecule has 1 aromatic heterocycles. The van der Waals surface area contributed by atoms with E-state index in [0.29, 0.717) is 12.4 Å². The van der Waals surface area contributed by atoms with Gasteiger partial charge in [0.2, 0.25) is 5.88 Å². The van der Waals surface area contributed by atoms with Crippen LogP contribution in [-0.2, 0) is 9.47 Å². The molecular weight excluding hydrogens is 232 g/mol. The number of nitrogens with zero attached hydrogens (tertiary/aromatic N) is 1. The standard InChI is InChI=1S/C13H22N2O3/c1-5-11(14-9-13(17-3)18-4)10-6-7-12(16-2)15-8-10/h6-8,11,13-14H,5,9H2,1-4H3. The first-order valence-electron chi connectivity index (χ1n) is 6.04. The summed E-state index contributed by atoms with van der Waals surface area (Å²) in [5, 5.41) is 3.39. The topological polar surface area (TPSA) is 52.6 Å². The molecule has 0 amide bonds. The lowest BCUT2D eigenvalue weighted by molar-refractivity contribution is -0.0999. The Bertz CT molecular complexity index is 326. The quantitative estimate of drug-likeness (QED) is 0.716. The van der Waals surface area contributed by atoms with Gasteiger partial charge in [-0.3, -0.25) is 0 Å². The fourth-order valence-corrected chi connectivity index (χ4v) is 1.72. The van der Waals surface area contributed by atoms with Crippen molar-refractivity contribution in [3.63, 3.8) is 0 Å². The number of methoxy groups -OCH3 is 3. The zero-order chi connectivity index (χ0) is 13.4. The summed E-state index contributed by atoms with van der Waals surface area (Å²) in [5.41, 5.74) is 1.13. The third kappa shape index (κ3) is 4.25. The highest BCUT2D eigenvalue weighted by molar-refractivity contribution is 5.20. The summed E-state index contributed by atoms with van der Waals surface area (Å²) in [6.07, 6.45) is 2.56. The summed E-state index contributed by atoms with van der Waals surface area (Å²) in [4.78, 5) is 4.21. The average molecular weight is 254 g/mol. The van der Waals surface area contributed by atoms with Gasteiger partial charge in [0.1, 0.15) is 0 Å². The Morgan fingerprint density at radius 3 is 2.39 bits per heavy atom. The Morgan fingerprint density at radius 2 is 1.94 bits per heavy atom. The fourth-order valence-electron chi connectivity index (χ4n) is 1.72. The molecule has 102 valence electrons. The molecule has 0 aliphatic carbocycles. The summed E-state index contributed by atoms with van der Waals surface area (Å²) in [7, 11) is 4.87. The molecule has 0 spiro atoms. The SMILES string of the molecule is CCC(NCC(OC)OC)c1ccc(OC)nc1. The minimum absolute atomic E-state index is 0.231. The maximum Gasteiger partial charge on any atom is 0.212 e. The predicted molar refractivity (Wildman–Crippen MR) is 69.6 cm³/mol. The number of pyridine rings is 1. The van der Waals surface area contributed by atoms with E-state index in [1.165, 1.54) is 0 Å². The van der Waals surface area contributed by atoms with Crippen LogP contribution in [0.1, 0.15) is 24.9 Å². The van der Waals surface area contributed by atoms with E-state index in [1.54, 1.807) is 21.3 Å². The van der Waals surface area contributed by atoms with Crippen molar-refractivity contribution < 1.29 is 14.2 Å². The summed E-state index contributed by atoms with van der Waals surface area (Å²) in [6, 6.07) is 4.11. The summed E-state index contributed by atoms with van der Waals surface area (Å²) in [6.45, 7) is 2.76. The van der Waals surface area contributed by atoms with E-state index in [1.807, 2.05) is 18.3 Å². The van der Waals surface area contributed by atoms with Crippen LogP contribution in [-0.4, -0.2) is 39.1 Å². The number of hydrogen-bond acceptors (Lipinski definition) is 5. The van der Waals surface area contributed by atoms with E-state index < -0.39 is 0 Å². The predicted octanol–water partition coefficient (Wildman–Crippen LogP) is 1.75. The minimum Gasteiger partial charge on any atom is -0.481 e. The zero-order valence-electron chi connectivity index (χ0n) is 11.5. The average Bonchev–Trinajstić information content (AvgIpc) is 2.44. The molecule has 0 radical (unpaired) electrons. The normalized spacial score (nSPS) is 12.7. The molecule has 0 aromatic carbocycles. The van der Waals surface area contributed by atoms with Gasteiger partial charge in [0.05, 0.1) is 7.11 Å². The number of rotatable bonds is 8. The maximum atomic E-state index is 5.15. The number of nitrogens with one attached hydrogen (secondary N) is 1. The van der Waals surface area contributed by atoms with Crippen molar-refractivity contribution in [3.05, 3.63) is 23.9 Å². The molecule has 1 N–H and O–H groups in total. The maximum absolute atomic E-state index is 5.15. The van der Waals surface area contributed by atoms with Crippen molar-refractivity contribution in [2.24, 2.45) is 0 Å². The van der Waals surface area contributed by atoms with Gasteiger partial charge in [0.15, 0.2) is 6.29 Å². The lowest BCUT2D eigenvalue weighted by atomic mass is 10.1. The van der Waals surface area contributed by atoms with Gasteiger partial charge in [-0.25, -0.2) is 4.98 Å². The van der Waals surface area contributed by atoms with E-state index in [4.69, 9.17) is 14.2 Å². The molecule has 0 bridgehead atoms. The highest BCUT2D eigenvalue weighted by Gasteiger charge is 2.12. The van der Waals surface area contributed by atoms with E-state index in [2.05, 4.69) is 17.2 Å². The minimum atomic E-state index is -0.231. The van der Waals surface area contributed by atoms with Crippen molar-refractivity contribution in [1.82, 2.24) is 10.3 Å². The number of ether oxygens (including phenoxy) is 3. The molecule has 1 aromatic rings. The molecule has 5 heteroatoms. The molecular formula is C13H22N2O3. The molecule has 1 unspecified atom stereocenters. The van der Waals surface area contributed by atoms with Crippen molar-refractivity contribution in [2.45, 2.75) is 25.7 Å². The van der Waals surface area contributed by atoms with Crippen molar-refractivity contribution >= 4 is 0 Å². The fraction of sp³-hybridized carbons (Fsp3) is 0.615. The van der Waals surface area contributed by atoms with Crippen LogP contribution in [0.25, 0.3) is 0 Å². The Balaban J connectivity index is 2.58. The molecule has 5 nitrogen and oxygen atoms in total. The third-order valence-corrected chi connectivity index (χ3v) is 2.84. The smallest absolute Gasteiger partial charge is 0.212 e. The van der Waals surface area contributed by atoms with Gasteiger partial charge >= 0.3 is 0 Å². The molecule has 1 heterocycles. The Hall–Kier alpha value is -1.17. The van der Waals surface area contributed by atoms with E-state index in [9.17, 15) is 0 Å². The van der Waals surface area contributed by atoms with Crippen molar-refractivity contribution in [2.75, 3.05) is 27.9 Å². The summed E-state index contributed by atoms with van der Waals surface area (Å²) >= 11 is 0. The van der Waals surface area contributed by atoms with E-state index in [-0.39, 0.29) is 12.3 Å². The van der Waals surface area contributed by atoms with E-state index in [0.717, 1.165) is 12.0 Å². The summed E-state index contributed by atoms with van der Waals surface area (Å²) in [5.74, 6) is 0.625. The zero-order valence-corrected chi connectivity index (χ0v) is 11.5. The molecule has 1 rings (SSSR count). The first-order chi connectivity index (χ1) is 8.74. The van der Waals surface area contributed by atoms with Crippen LogP contribution in [0, 0.1) is 0 Å². The monoisotopic (exact) mass is 254 g/mol. The highest BCUT2D eigenvalue weighted by Crippen LogP contribution is 2.17. The number of aromatic nitrogens is 1. The Labute approximate surface area is 108 Å². The Kier molecular flexibility index (Phi) is 6.64. The van der Waals surface area contributed by atoms with Crippen molar-refractivity contribution in [3.8, 4) is 5.88 Å². The van der Waals surface area contributed by atoms with Crippen LogP contribution in [0.4, 0.5) is 0 Å². The van der Waals surface area contributed by atoms with Crippen LogP contribution >= 0.6 is 0 Å². The number of hydrogen-bond donors (Lipinski definition) is 1. The van der Waals surface area contributed by atoms with Gasteiger partial charge in [0.25, 0.3) is 0 Å². The van der Waals surface area contributed by atoms with Gasteiger partial charge < -0.3 is 19.5 Å². The molecule has 0 aliphatic rings. The second-order valence-electron chi connectivity index (χ2n) is 3.90. The van der Waals surface area contributed by atoms with Crippen LogP contribution in [0.3, 0.4) is 0 Å². The van der Waals surface area contributed by atoms with Gasteiger partial charge in [-0.1, -0.05) is 13.0 Å². The second-order valence-corrected chi connectivity index (χ2v) is 3.90. The van der Waals surface area contributed by atoms with Crippen LogP contribution in [0.5, 0.6) is 5.88 Å². The lowest BCUT2D eigenvalue weighted by Crippen LogP contribution is -2.32. The van der Waals surface area contributed by atoms with Crippen LogP contribution < -0.4 is 10.1 Å². The second kappa shape index (κ2) is 8.02. The molecule has 0 saturated carbocycles. The van der Waals surface area contributed by atoms with Crippen molar-refractivity contribution in [1.29, 1.82) is 0 Å². The first-order valence-corrected chi connectivity index (χ1v) is 6.04. The summed E-state index contributed by atoms with van der Waals surface area (Å²) < 4.78 is 15.3. The molecule has 1 atom stereocenters. The van der Waals surface area contributed by atoms with Gasteiger partial charge in [0, 0.05) is 39.1 Å². The van der Waals surface area contributed by atoms with Gasteiger partial charge in [-0.2, -0.15) is 0 Å². The molecule has 0 aliphatic heterocycles. The van der Waals surface area contributed by atoms with Crippen LogP contribution in [0.15, 0.2) is 18.3 Å². The van der Waals surface area contributed by atoms with Crippen LogP contribution in [0.2, 0.25) is 0 Å². The lowest BCUT2D eigenvalue weighted by Gasteiger charge is -2.20. The molecule has 0 saturated heterocycles. The third-order valence-electron chi connectivity index (χ3n) is 2.84. The Morgan fingerprint density at radius 1 is 1.22 bits per heavy atom.